The Morgan fingerprint density at radius 2 is 1.84 bits per heavy atom. The van der Waals surface area contributed by atoms with E-state index in [2.05, 4.69) is 22.5 Å². The number of ketones is 1. The maximum atomic E-state index is 13.0. The van der Waals surface area contributed by atoms with Crippen molar-refractivity contribution in [3.8, 4) is 5.75 Å². The first-order valence-electron chi connectivity index (χ1n) is 9.90. The molecule has 1 aliphatic heterocycles. The average molecular weight is 494 g/mol. The lowest BCUT2D eigenvalue weighted by molar-refractivity contribution is -0.140. The summed E-state index contributed by atoms with van der Waals surface area (Å²) in [5.74, 6) is -0.536. The molecule has 2 aromatic carbocycles. The first kappa shape index (κ1) is 21.6. The van der Waals surface area contributed by atoms with Gasteiger partial charge in [-0.2, -0.15) is 0 Å². The highest BCUT2D eigenvalue weighted by Crippen LogP contribution is 2.40. The number of ether oxygens (including phenoxy) is 1. The monoisotopic (exact) mass is 493 g/mol. The number of rotatable bonds is 7. The molecule has 1 N–H and O–H groups in total. The Labute approximate surface area is 193 Å². The fraction of sp³-hybridized carbons (Fsp3) is 0.120. The molecule has 1 aliphatic rings. The van der Waals surface area contributed by atoms with Crippen molar-refractivity contribution >= 4 is 33.4 Å². The Bertz CT molecular complexity index is 1160. The van der Waals surface area contributed by atoms with Crippen LogP contribution in [-0.2, 0) is 16.1 Å². The third kappa shape index (κ3) is 4.24. The molecule has 2 heterocycles. The highest BCUT2D eigenvalue weighted by Gasteiger charge is 2.46. The number of aliphatic hydroxyl groups excluding tert-OH is 1. The molecule has 1 saturated heterocycles. The van der Waals surface area contributed by atoms with E-state index in [1.807, 2.05) is 24.3 Å². The summed E-state index contributed by atoms with van der Waals surface area (Å²) in [7, 11) is 0. The van der Waals surface area contributed by atoms with Gasteiger partial charge in [0, 0.05) is 10.0 Å². The van der Waals surface area contributed by atoms with Gasteiger partial charge in [-0.3, -0.25) is 9.59 Å². The molecule has 1 unspecified atom stereocenters. The summed E-state index contributed by atoms with van der Waals surface area (Å²) < 4.78 is 11.7. The molecule has 3 aromatic rings. The second-order valence-corrected chi connectivity index (χ2v) is 8.10. The molecule has 0 bridgehead atoms. The number of nitrogens with zero attached hydrogens (tertiary/aromatic N) is 1. The highest BCUT2D eigenvalue weighted by atomic mass is 79.9. The van der Waals surface area contributed by atoms with E-state index >= 15 is 0 Å². The molecule has 0 saturated carbocycles. The molecule has 6 nitrogen and oxygen atoms in total. The number of likely N-dealkylation sites (tertiary alicyclic amines) is 1. The molecule has 0 aliphatic carbocycles. The van der Waals surface area contributed by atoms with E-state index in [0.29, 0.717) is 29.2 Å². The van der Waals surface area contributed by atoms with E-state index in [1.165, 1.54) is 11.2 Å². The van der Waals surface area contributed by atoms with Gasteiger partial charge in [0.2, 0.25) is 0 Å². The number of amides is 1. The van der Waals surface area contributed by atoms with E-state index in [4.69, 9.17) is 9.15 Å². The van der Waals surface area contributed by atoms with Crippen LogP contribution in [0.1, 0.15) is 22.9 Å². The number of hydrogen-bond acceptors (Lipinski definition) is 5. The highest BCUT2D eigenvalue weighted by molar-refractivity contribution is 9.10. The quantitative estimate of drug-likeness (QED) is 0.211. The van der Waals surface area contributed by atoms with Crippen molar-refractivity contribution in [1.82, 2.24) is 4.90 Å². The predicted molar refractivity (Wildman–Crippen MR) is 123 cm³/mol. The molecule has 1 amide bonds. The summed E-state index contributed by atoms with van der Waals surface area (Å²) in [4.78, 5) is 27.4. The van der Waals surface area contributed by atoms with Crippen LogP contribution in [0.4, 0.5) is 0 Å². The number of furan rings is 1. The smallest absolute Gasteiger partial charge is 0.296 e. The summed E-state index contributed by atoms with van der Waals surface area (Å²) in [5.41, 5.74) is 1.14. The van der Waals surface area contributed by atoms with E-state index in [1.54, 1.807) is 42.5 Å². The number of halogens is 1. The summed E-state index contributed by atoms with van der Waals surface area (Å²) in [6.45, 7) is 4.06. The second-order valence-electron chi connectivity index (χ2n) is 7.18. The minimum absolute atomic E-state index is 0.0311. The van der Waals surface area contributed by atoms with Crippen LogP contribution in [0.15, 0.2) is 94.0 Å². The number of carbonyl (C=O) groups excluding carboxylic acids is 2. The number of aliphatic hydroxyl groups is 1. The number of benzene rings is 2. The first-order chi connectivity index (χ1) is 15.5. The van der Waals surface area contributed by atoms with Gasteiger partial charge in [0.1, 0.15) is 23.9 Å². The van der Waals surface area contributed by atoms with Crippen LogP contribution < -0.4 is 4.74 Å². The molecule has 0 spiro atoms. The molecular formula is C25H20BrNO5. The summed E-state index contributed by atoms with van der Waals surface area (Å²) in [5, 5.41) is 11.1. The Morgan fingerprint density at radius 3 is 2.47 bits per heavy atom. The van der Waals surface area contributed by atoms with Crippen LogP contribution in [0.2, 0.25) is 0 Å². The Hall–Kier alpha value is -3.58. The van der Waals surface area contributed by atoms with E-state index in [9.17, 15) is 14.7 Å². The molecular weight excluding hydrogens is 474 g/mol. The minimum atomic E-state index is -0.759. The zero-order valence-corrected chi connectivity index (χ0v) is 18.6. The van der Waals surface area contributed by atoms with Crippen LogP contribution in [0.5, 0.6) is 5.75 Å². The largest absolute Gasteiger partial charge is 0.507 e. The van der Waals surface area contributed by atoms with Crippen molar-refractivity contribution in [3.63, 3.8) is 0 Å². The van der Waals surface area contributed by atoms with E-state index in [0.717, 1.165) is 4.47 Å². The summed E-state index contributed by atoms with van der Waals surface area (Å²) in [6, 6.07) is 16.6. The van der Waals surface area contributed by atoms with Gasteiger partial charge >= 0.3 is 0 Å². The predicted octanol–water partition coefficient (Wildman–Crippen LogP) is 5.23. The molecule has 1 fully saturated rings. The number of carbonyl (C=O) groups is 2. The van der Waals surface area contributed by atoms with Gasteiger partial charge in [0.15, 0.2) is 0 Å². The molecule has 32 heavy (non-hydrogen) atoms. The lowest BCUT2D eigenvalue weighted by atomic mass is 9.95. The third-order valence-electron chi connectivity index (χ3n) is 5.13. The van der Waals surface area contributed by atoms with Gasteiger partial charge in [0.25, 0.3) is 11.7 Å². The maximum Gasteiger partial charge on any atom is 0.296 e. The Kier molecular flexibility index (Phi) is 6.28. The first-order valence-corrected chi connectivity index (χ1v) is 10.7. The van der Waals surface area contributed by atoms with E-state index < -0.39 is 17.7 Å². The SMILES string of the molecule is C=CCOc1ccc(/C(O)=C2/C(=O)C(=O)N(Cc3ccco3)C2c2ccc(Br)cc2)cc1. The summed E-state index contributed by atoms with van der Waals surface area (Å²) >= 11 is 3.40. The zero-order chi connectivity index (χ0) is 22.7. The van der Waals surface area contributed by atoms with Crippen molar-refractivity contribution in [2.75, 3.05) is 6.61 Å². The normalized spacial score (nSPS) is 17.5. The lowest BCUT2D eigenvalue weighted by Crippen LogP contribution is -2.29. The van der Waals surface area contributed by atoms with Gasteiger partial charge in [0.05, 0.1) is 24.4 Å². The van der Waals surface area contributed by atoms with Crippen LogP contribution in [0.25, 0.3) is 5.76 Å². The van der Waals surface area contributed by atoms with Crippen molar-refractivity contribution in [2.24, 2.45) is 0 Å². The van der Waals surface area contributed by atoms with Crippen molar-refractivity contribution in [1.29, 1.82) is 0 Å². The van der Waals surface area contributed by atoms with Crippen LogP contribution in [0.3, 0.4) is 0 Å². The molecule has 4 rings (SSSR count). The van der Waals surface area contributed by atoms with E-state index in [-0.39, 0.29) is 17.9 Å². The van der Waals surface area contributed by atoms with Gasteiger partial charge in [-0.05, 0) is 54.1 Å². The van der Waals surface area contributed by atoms with Gasteiger partial charge < -0.3 is 19.2 Å². The number of hydrogen-bond donors (Lipinski definition) is 1. The van der Waals surface area contributed by atoms with Crippen LogP contribution in [0, 0.1) is 0 Å². The minimum Gasteiger partial charge on any atom is -0.507 e. The van der Waals surface area contributed by atoms with Crippen LogP contribution >= 0.6 is 15.9 Å². The zero-order valence-electron chi connectivity index (χ0n) is 17.0. The topological polar surface area (TPSA) is 80.0 Å². The Balaban J connectivity index is 1.78. The van der Waals surface area contributed by atoms with Crippen LogP contribution in [-0.4, -0.2) is 28.3 Å². The lowest BCUT2D eigenvalue weighted by Gasteiger charge is -2.24. The molecule has 7 heteroatoms. The fourth-order valence-corrected chi connectivity index (χ4v) is 3.89. The average Bonchev–Trinajstić information content (AvgIpc) is 3.41. The molecule has 0 radical (unpaired) electrons. The molecule has 1 aromatic heterocycles. The van der Waals surface area contributed by atoms with Gasteiger partial charge in [-0.25, -0.2) is 0 Å². The van der Waals surface area contributed by atoms with Gasteiger partial charge in [-0.15, -0.1) is 0 Å². The summed E-state index contributed by atoms with van der Waals surface area (Å²) in [6.07, 6.45) is 3.14. The molecule has 162 valence electrons. The van der Waals surface area contributed by atoms with Gasteiger partial charge in [-0.1, -0.05) is 40.7 Å². The number of Topliss-reactive ketones (excluding diaryl/α,β-unsaturated/α-hetero) is 1. The Morgan fingerprint density at radius 1 is 1.12 bits per heavy atom. The standard InChI is InChI=1S/C25H20BrNO5/c1-2-13-31-19-11-7-17(8-12-19)23(28)21-22(16-5-9-18(26)10-6-16)27(25(30)24(21)29)15-20-4-3-14-32-20/h2-12,14,22,28H,1,13,15H2/b23-21-. The fourth-order valence-electron chi connectivity index (χ4n) is 3.62. The second kappa shape index (κ2) is 9.28. The third-order valence-corrected chi connectivity index (χ3v) is 5.66. The van der Waals surface area contributed by atoms with Crippen molar-refractivity contribution in [3.05, 3.63) is 107 Å². The van der Waals surface area contributed by atoms with Crippen molar-refractivity contribution < 1.29 is 23.8 Å². The van der Waals surface area contributed by atoms with Crippen molar-refractivity contribution in [2.45, 2.75) is 12.6 Å². The molecule has 1 atom stereocenters. The maximum absolute atomic E-state index is 13.0.